The molecule has 5 heteroatoms. The minimum Gasteiger partial charge on any atom is -0.337 e. The Morgan fingerprint density at radius 2 is 2.31 bits per heavy atom. The monoisotopic (exact) mass is 218 g/mol. The summed E-state index contributed by atoms with van der Waals surface area (Å²) < 4.78 is 5.11. The van der Waals surface area contributed by atoms with Crippen LogP contribution in [0.5, 0.6) is 0 Å². The van der Waals surface area contributed by atoms with Crippen LogP contribution in [0.15, 0.2) is 22.9 Å². The summed E-state index contributed by atoms with van der Waals surface area (Å²) in [4.78, 5) is 8.37. The second-order valence-corrected chi connectivity index (χ2v) is 3.66. The van der Waals surface area contributed by atoms with Gasteiger partial charge >= 0.3 is 0 Å². The van der Waals surface area contributed by atoms with Crippen LogP contribution in [0.1, 0.15) is 31.0 Å². The van der Waals surface area contributed by atoms with Crippen molar-refractivity contribution in [2.75, 3.05) is 0 Å². The van der Waals surface area contributed by atoms with E-state index in [2.05, 4.69) is 15.1 Å². The molecule has 0 aliphatic carbocycles. The van der Waals surface area contributed by atoms with E-state index in [1.807, 2.05) is 26.0 Å². The zero-order chi connectivity index (χ0) is 11.5. The van der Waals surface area contributed by atoms with Crippen molar-refractivity contribution in [3.63, 3.8) is 0 Å². The predicted octanol–water partition coefficient (Wildman–Crippen LogP) is 1.85. The van der Waals surface area contributed by atoms with Crippen LogP contribution in [0.25, 0.3) is 11.4 Å². The van der Waals surface area contributed by atoms with Crippen LogP contribution in [-0.4, -0.2) is 15.1 Å². The summed E-state index contributed by atoms with van der Waals surface area (Å²) in [6, 6.07) is 3.56. The van der Waals surface area contributed by atoms with E-state index in [9.17, 15) is 0 Å². The van der Waals surface area contributed by atoms with Gasteiger partial charge in [0.2, 0.25) is 11.7 Å². The van der Waals surface area contributed by atoms with Gasteiger partial charge in [-0.1, -0.05) is 12.1 Å². The number of pyridine rings is 1. The lowest BCUT2D eigenvalue weighted by molar-refractivity contribution is 0.352. The second kappa shape index (κ2) is 4.40. The van der Waals surface area contributed by atoms with E-state index in [-0.39, 0.29) is 6.04 Å². The molecule has 2 aromatic rings. The van der Waals surface area contributed by atoms with Crippen molar-refractivity contribution in [2.24, 2.45) is 5.73 Å². The van der Waals surface area contributed by atoms with Crippen LogP contribution in [0.4, 0.5) is 0 Å². The van der Waals surface area contributed by atoms with E-state index >= 15 is 0 Å². The fraction of sp³-hybridized carbons (Fsp3) is 0.364. The van der Waals surface area contributed by atoms with Gasteiger partial charge in [-0.2, -0.15) is 4.98 Å². The quantitative estimate of drug-likeness (QED) is 0.850. The van der Waals surface area contributed by atoms with Crippen LogP contribution in [-0.2, 0) is 0 Å². The molecule has 2 rings (SSSR count). The van der Waals surface area contributed by atoms with Gasteiger partial charge < -0.3 is 10.3 Å². The van der Waals surface area contributed by atoms with Crippen molar-refractivity contribution in [3.05, 3.63) is 29.9 Å². The highest BCUT2D eigenvalue weighted by atomic mass is 16.5. The predicted molar refractivity (Wildman–Crippen MR) is 59.5 cm³/mol. The van der Waals surface area contributed by atoms with Crippen molar-refractivity contribution >= 4 is 0 Å². The highest BCUT2D eigenvalue weighted by Gasteiger charge is 2.13. The van der Waals surface area contributed by atoms with Crippen molar-refractivity contribution in [2.45, 2.75) is 26.3 Å². The Bertz CT molecular complexity index is 480. The first-order chi connectivity index (χ1) is 7.70. The number of nitrogens with zero attached hydrogens (tertiary/aromatic N) is 3. The molecule has 2 N–H and O–H groups in total. The van der Waals surface area contributed by atoms with Crippen LogP contribution in [0, 0.1) is 6.92 Å². The van der Waals surface area contributed by atoms with Gasteiger partial charge in [0.15, 0.2) is 0 Å². The Morgan fingerprint density at radius 1 is 1.50 bits per heavy atom. The molecule has 1 atom stereocenters. The molecular weight excluding hydrogens is 204 g/mol. The van der Waals surface area contributed by atoms with Crippen LogP contribution >= 0.6 is 0 Å². The fourth-order valence-corrected chi connectivity index (χ4v) is 1.36. The number of aromatic nitrogens is 3. The third kappa shape index (κ3) is 2.09. The molecule has 0 saturated carbocycles. The van der Waals surface area contributed by atoms with Gasteiger partial charge in [0.25, 0.3) is 0 Å². The van der Waals surface area contributed by atoms with Crippen LogP contribution in [0.2, 0.25) is 0 Å². The molecule has 0 aliphatic rings. The molecule has 84 valence electrons. The van der Waals surface area contributed by atoms with E-state index in [0.717, 1.165) is 17.7 Å². The molecule has 0 spiro atoms. The largest absolute Gasteiger partial charge is 0.337 e. The van der Waals surface area contributed by atoms with E-state index in [1.54, 1.807) is 6.20 Å². The molecule has 0 amide bonds. The van der Waals surface area contributed by atoms with E-state index in [1.165, 1.54) is 0 Å². The Hall–Kier alpha value is -1.75. The Labute approximate surface area is 93.7 Å². The van der Waals surface area contributed by atoms with Crippen molar-refractivity contribution in [1.82, 2.24) is 15.1 Å². The first kappa shape index (κ1) is 10.8. The van der Waals surface area contributed by atoms with Crippen LogP contribution in [0.3, 0.4) is 0 Å². The van der Waals surface area contributed by atoms with Gasteiger partial charge in [-0.25, -0.2) is 0 Å². The fourth-order valence-electron chi connectivity index (χ4n) is 1.36. The molecule has 0 fully saturated rings. The number of hydrogen-bond donors (Lipinski definition) is 1. The Balaban J connectivity index is 2.31. The van der Waals surface area contributed by atoms with Crippen molar-refractivity contribution < 1.29 is 4.52 Å². The summed E-state index contributed by atoms with van der Waals surface area (Å²) in [5, 5.41) is 3.90. The average molecular weight is 218 g/mol. The summed E-state index contributed by atoms with van der Waals surface area (Å²) in [6.07, 6.45) is 2.50. The first-order valence-corrected chi connectivity index (χ1v) is 5.23. The Morgan fingerprint density at radius 3 is 3.00 bits per heavy atom. The molecule has 0 aliphatic heterocycles. The smallest absolute Gasteiger partial charge is 0.243 e. The number of nitrogens with two attached hydrogens (primary N) is 1. The lowest BCUT2D eigenvalue weighted by Crippen LogP contribution is -2.08. The maximum atomic E-state index is 5.81. The second-order valence-electron chi connectivity index (χ2n) is 3.66. The summed E-state index contributed by atoms with van der Waals surface area (Å²) >= 11 is 0. The molecule has 0 saturated heterocycles. The minimum absolute atomic E-state index is 0.191. The van der Waals surface area contributed by atoms with Gasteiger partial charge in [0, 0.05) is 17.5 Å². The summed E-state index contributed by atoms with van der Waals surface area (Å²) in [6.45, 7) is 3.90. The molecule has 1 unspecified atom stereocenters. The van der Waals surface area contributed by atoms with E-state index in [0.29, 0.717) is 11.7 Å². The van der Waals surface area contributed by atoms with Gasteiger partial charge in [-0.15, -0.1) is 0 Å². The molecule has 0 aromatic carbocycles. The third-order valence-electron chi connectivity index (χ3n) is 2.35. The molecule has 2 heterocycles. The van der Waals surface area contributed by atoms with E-state index in [4.69, 9.17) is 10.3 Å². The van der Waals surface area contributed by atoms with E-state index < -0.39 is 0 Å². The Kier molecular flexibility index (Phi) is 2.96. The van der Waals surface area contributed by atoms with Gasteiger partial charge in [-0.3, -0.25) is 4.98 Å². The first-order valence-electron chi connectivity index (χ1n) is 5.23. The summed E-state index contributed by atoms with van der Waals surface area (Å²) in [5.74, 6) is 1.04. The number of hydrogen-bond acceptors (Lipinski definition) is 5. The summed E-state index contributed by atoms with van der Waals surface area (Å²) in [5.41, 5.74) is 7.62. The molecule has 5 nitrogen and oxygen atoms in total. The van der Waals surface area contributed by atoms with Gasteiger partial charge in [0.1, 0.15) is 0 Å². The van der Waals surface area contributed by atoms with Gasteiger partial charge in [0.05, 0.1) is 6.04 Å². The molecule has 0 bridgehead atoms. The third-order valence-corrected chi connectivity index (χ3v) is 2.35. The molecule has 2 aromatic heterocycles. The summed E-state index contributed by atoms with van der Waals surface area (Å²) in [7, 11) is 0. The maximum absolute atomic E-state index is 5.81. The topological polar surface area (TPSA) is 77.8 Å². The lowest BCUT2D eigenvalue weighted by Gasteiger charge is -1.99. The van der Waals surface area contributed by atoms with Crippen molar-refractivity contribution in [1.29, 1.82) is 0 Å². The zero-order valence-corrected chi connectivity index (χ0v) is 9.34. The van der Waals surface area contributed by atoms with Crippen molar-refractivity contribution in [3.8, 4) is 11.4 Å². The maximum Gasteiger partial charge on any atom is 0.243 e. The normalized spacial score (nSPS) is 12.7. The number of aryl methyl sites for hydroxylation is 1. The minimum atomic E-state index is -0.191. The average Bonchev–Trinajstić information content (AvgIpc) is 2.77. The SMILES string of the molecule is CCC(N)c1nc(-c2ccnc(C)c2)no1. The van der Waals surface area contributed by atoms with Crippen LogP contribution < -0.4 is 5.73 Å². The highest BCUT2D eigenvalue weighted by Crippen LogP contribution is 2.18. The molecule has 0 radical (unpaired) electrons. The number of rotatable bonds is 3. The lowest BCUT2D eigenvalue weighted by atomic mass is 10.2. The molecule has 16 heavy (non-hydrogen) atoms. The standard InChI is InChI=1S/C11H14N4O/c1-3-9(12)11-14-10(15-16-11)8-4-5-13-7(2)6-8/h4-6,9H,3,12H2,1-2H3. The zero-order valence-electron chi connectivity index (χ0n) is 9.34. The highest BCUT2D eigenvalue weighted by molar-refractivity contribution is 5.53. The molecular formula is C11H14N4O. The van der Waals surface area contributed by atoms with Gasteiger partial charge in [-0.05, 0) is 25.5 Å².